The summed E-state index contributed by atoms with van der Waals surface area (Å²) in [6.45, 7) is 4.05. The molecule has 0 spiro atoms. The number of nitrogens with zero attached hydrogens (tertiary/aromatic N) is 4. The van der Waals surface area contributed by atoms with Gasteiger partial charge in [0.15, 0.2) is 5.82 Å². The average Bonchev–Trinajstić information content (AvgIpc) is 2.81. The van der Waals surface area contributed by atoms with E-state index in [0.717, 1.165) is 11.4 Å². The normalized spacial score (nSPS) is 11.4. The molecule has 0 unspecified atom stereocenters. The fourth-order valence-corrected chi connectivity index (χ4v) is 2.06. The molecule has 0 saturated carbocycles. The third-order valence-corrected chi connectivity index (χ3v) is 2.99. The summed E-state index contributed by atoms with van der Waals surface area (Å²) in [5, 5.41) is 9.41. The van der Waals surface area contributed by atoms with Crippen molar-refractivity contribution in [3.05, 3.63) is 29.8 Å². The highest BCUT2D eigenvalue weighted by atomic mass is 19.4. The van der Waals surface area contributed by atoms with Crippen molar-refractivity contribution in [2.75, 3.05) is 18.4 Å². The summed E-state index contributed by atoms with van der Waals surface area (Å²) in [6.07, 6.45) is -4.63. The van der Waals surface area contributed by atoms with E-state index in [1.54, 1.807) is 10.7 Å². The van der Waals surface area contributed by atoms with Crippen LogP contribution in [0.4, 0.5) is 19.0 Å². The summed E-state index contributed by atoms with van der Waals surface area (Å²) in [7, 11) is 0. The second-order valence-corrected chi connectivity index (χ2v) is 5.17. The van der Waals surface area contributed by atoms with Gasteiger partial charge in [-0.2, -0.15) is 18.3 Å². The standard InChI is InChI=1S/C14H17F3N6O/c1-9-5-10(2)23(22-9)12-6-11(20-8-21-12)18-3-4-19-13(24)7-14(15,16)17/h5-6,8H,3-4,7H2,1-2H3,(H,19,24)(H,18,20,21). The van der Waals surface area contributed by atoms with Gasteiger partial charge in [0, 0.05) is 24.8 Å². The van der Waals surface area contributed by atoms with Gasteiger partial charge in [-0.1, -0.05) is 0 Å². The van der Waals surface area contributed by atoms with Crippen LogP contribution in [0.15, 0.2) is 18.5 Å². The Labute approximate surface area is 136 Å². The first-order valence-corrected chi connectivity index (χ1v) is 7.17. The molecule has 0 fully saturated rings. The molecule has 2 heterocycles. The third kappa shape index (κ3) is 5.21. The number of hydrogen-bond donors (Lipinski definition) is 2. The summed E-state index contributed by atoms with van der Waals surface area (Å²) in [4.78, 5) is 19.2. The highest BCUT2D eigenvalue weighted by molar-refractivity contribution is 5.76. The number of amides is 1. The molecule has 2 N–H and O–H groups in total. The minimum Gasteiger partial charge on any atom is -0.368 e. The SMILES string of the molecule is Cc1cc(C)n(-c2cc(NCCNC(=O)CC(F)(F)F)ncn2)n1. The van der Waals surface area contributed by atoms with E-state index in [0.29, 0.717) is 11.6 Å². The molecule has 0 saturated heterocycles. The number of halogens is 3. The Morgan fingerprint density at radius 1 is 1.21 bits per heavy atom. The second kappa shape index (κ2) is 7.28. The molecule has 0 radical (unpaired) electrons. The third-order valence-electron chi connectivity index (χ3n) is 2.99. The Bertz CT molecular complexity index is 713. The van der Waals surface area contributed by atoms with E-state index < -0.39 is 18.5 Å². The van der Waals surface area contributed by atoms with E-state index in [9.17, 15) is 18.0 Å². The molecular weight excluding hydrogens is 325 g/mol. The van der Waals surface area contributed by atoms with Crippen LogP contribution in [0.5, 0.6) is 0 Å². The van der Waals surface area contributed by atoms with Gasteiger partial charge in [-0.3, -0.25) is 4.79 Å². The number of rotatable bonds is 6. The summed E-state index contributed by atoms with van der Waals surface area (Å²) in [5.41, 5.74) is 1.77. The molecule has 0 bridgehead atoms. The number of aryl methyl sites for hydroxylation is 2. The van der Waals surface area contributed by atoms with Crippen LogP contribution in [0.25, 0.3) is 5.82 Å². The first-order valence-electron chi connectivity index (χ1n) is 7.17. The molecule has 0 aromatic carbocycles. The van der Waals surface area contributed by atoms with Gasteiger partial charge in [0.25, 0.3) is 0 Å². The van der Waals surface area contributed by atoms with E-state index in [1.165, 1.54) is 6.33 Å². The van der Waals surface area contributed by atoms with Crippen LogP contribution in [-0.4, -0.2) is 44.9 Å². The van der Waals surface area contributed by atoms with Crippen molar-refractivity contribution in [1.82, 2.24) is 25.1 Å². The first-order chi connectivity index (χ1) is 11.2. The van der Waals surface area contributed by atoms with Crippen molar-refractivity contribution >= 4 is 11.7 Å². The molecular formula is C14H17F3N6O. The van der Waals surface area contributed by atoms with Gasteiger partial charge in [0.05, 0.1) is 5.69 Å². The minimum absolute atomic E-state index is 0.0498. The molecule has 2 aromatic heterocycles. The summed E-state index contributed by atoms with van der Waals surface area (Å²) >= 11 is 0. The Morgan fingerprint density at radius 2 is 1.96 bits per heavy atom. The van der Waals surface area contributed by atoms with Gasteiger partial charge >= 0.3 is 6.18 Å². The van der Waals surface area contributed by atoms with Crippen LogP contribution in [0.1, 0.15) is 17.8 Å². The maximum Gasteiger partial charge on any atom is 0.397 e. The van der Waals surface area contributed by atoms with Gasteiger partial charge in [-0.15, -0.1) is 0 Å². The average molecular weight is 342 g/mol. The number of nitrogens with one attached hydrogen (secondary N) is 2. The van der Waals surface area contributed by atoms with Gasteiger partial charge in [-0.05, 0) is 19.9 Å². The number of carbonyl (C=O) groups is 1. The zero-order chi connectivity index (χ0) is 17.7. The maximum atomic E-state index is 12.0. The molecule has 0 aliphatic carbocycles. The van der Waals surface area contributed by atoms with Gasteiger partial charge in [0.1, 0.15) is 18.6 Å². The molecule has 0 aliphatic rings. The molecule has 1 amide bonds. The summed E-state index contributed by atoms with van der Waals surface area (Å²) < 4.78 is 37.7. The van der Waals surface area contributed by atoms with E-state index in [4.69, 9.17) is 0 Å². The van der Waals surface area contributed by atoms with Crippen LogP contribution >= 0.6 is 0 Å². The van der Waals surface area contributed by atoms with Crippen LogP contribution in [-0.2, 0) is 4.79 Å². The van der Waals surface area contributed by atoms with E-state index in [-0.39, 0.29) is 13.1 Å². The Kier molecular flexibility index (Phi) is 5.37. The molecule has 0 atom stereocenters. The van der Waals surface area contributed by atoms with Crippen molar-refractivity contribution in [3.63, 3.8) is 0 Å². The van der Waals surface area contributed by atoms with Crippen molar-refractivity contribution < 1.29 is 18.0 Å². The fourth-order valence-electron chi connectivity index (χ4n) is 2.06. The molecule has 2 aromatic rings. The largest absolute Gasteiger partial charge is 0.397 e. The zero-order valence-corrected chi connectivity index (χ0v) is 13.2. The van der Waals surface area contributed by atoms with E-state index in [1.807, 2.05) is 19.9 Å². The van der Waals surface area contributed by atoms with Gasteiger partial charge in [-0.25, -0.2) is 14.6 Å². The van der Waals surface area contributed by atoms with Crippen molar-refractivity contribution in [3.8, 4) is 5.82 Å². The minimum atomic E-state index is -4.50. The molecule has 24 heavy (non-hydrogen) atoms. The number of hydrogen-bond acceptors (Lipinski definition) is 5. The highest BCUT2D eigenvalue weighted by Crippen LogP contribution is 2.18. The van der Waals surface area contributed by atoms with E-state index >= 15 is 0 Å². The Balaban J connectivity index is 1.87. The molecule has 130 valence electrons. The summed E-state index contributed by atoms with van der Waals surface area (Å²) in [6, 6.07) is 3.57. The number of alkyl halides is 3. The zero-order valence-electron chi connectivity index (χ0n) is 13.2. The lowest BCUT2D eigenvalue weighted by Crippen LogP contribution is -2.32. The van der Waals surface area contributed by atoms with Crippen LogP contribution < -0.4 is 10.6 Å². The molecule has 0 aliphatic heterocycles. The maximum absolute atomic E-state index is 12.0. The topological polar surface area (TPSA) is 84.7 Å². The summed E-state index contributed by atoms with van der Waals surface area (Å²) in [5.74, 6) is -0.00727. The van der Waals surface area contributed by atoms with Crippen molar-refractivity contribution in [2.45, 2.75) is 26.4 Å². The number of aromatic nitrogens is 4. The number of carbonyl (C=O) groups excluding carboxylic acids is 1. The fraction of sp³-hybridized carbons (Fsp3) is 0.429. The Hall–Kier alpha value is -2.65. The van der Waals surface area contributed by atoms with Crippen LogP contribution in [0, 0.1) is 13.8 Å². The van der Waals surface area contributed by atoms with Gasteiger partial charge < -0.3 is 10.6 Å². The van der Waals surface area contributed by atoms with Gasteiger partial charge in [0.2, 0.25) is 5.91 Å². The first kappa shape index (κ1) is 17.7. The van der Waals surface area contributed by atoms with Crippen molar-refractivity contribution in [2.24, 2.45) is 0 Å². The monoisotopic (exact) mass is 342 g/mol. The Morgan fingerprint density at radius 3 is 2.58 bits per heavy atom. The molecule has 7 nitrogen and oxygen atoms in total. The van der Waals surface area contributed by atoms with E-state index in [2.05, 4.69) is 25.7 Å². The highest BCUT2D eigenvalue weighted by Gasteiger charge is 2.30. The lowest BCUT2D eigenvalue weighted by atomic mass is 10.4. The lowest BCUT2D eigenvalue weighted by molar-refractivity contribution is -0.153. The number of anilines is 1. The second-order valence-electron chi connectivity index (χ2n) is 5.17. The van der Waals surface area contributed by atoms with Crippen LogP contribution in [0.3, 0.4) is 0 Å². The smallest absolute Gasteiger partial charge is 0.368 e. The predicted molar refractivity (Wildman–Crippen MR) is 80.8 cm³/mol. The predicted octanol–water partition coefficient (Wildman–Crippen LogP) is 1.76. The molecule has 2 rings (SSSR count). The van der Waals surface area contributed by atoms with Crippen LogP contribution in [0.2, 0.25) is 0 Å². The quantitative estimate of drug-likeness (QED) is 0.782. The van der Waals surface area contributed by atoms with Crippen molar-refractivity contribution in [1.29, 1.82) is 0 Å². The molecule has 10 heteroatoms. The lowest BCUT2D eigenvalue weighted by Gasteiger charge is -2.10.